The van der Waals surface area contributed by atoms with Gasteiger partial charge in [0, 0.05) is 24.4 Å². The molecule has 0 fully saturated rings. The molecular weight excluding hydrogens is 242 g/mol. The van der Waals surface area contributed by atoms with Crippen molar-refractivity contribution in [2.75, 3.05) is 0 Å². The lowest BCUT2D eigenvalue weighted by atomic mass is 10.1. The molecule has 0 aliphatic rings. The molecule has 0 atom stereocenters. The summed E-state index contributed by atoms with van der Waals surface area (Å²) in [5, 5.41) is 10.9. The molecule has 0 aliphatic heterocycles. The average Bonchev–Trinajstić information content (AvgIpc) is 2.85. The Balaban J connectivity index is 0.000000861. The maximum absolute atomic E-state index is 10.9. The zero-order chi connectivity index (χ0) is 14.4. The van der Waals surface area contributed by atoms with Crippen molar-refractivity contribution in [1.82, 2.24) is 9.38 Å². The fourth-order valence-electron chi connectivity index (χ4n) is 1.79. The van der Waals surface area contributed by atoms with Gasteiger partial charge in [0.2, 0.25) is 0 Å². The molecule has 0 saturated carbocycles. The first-order valence-electron chi connectivity index (χ1n) is 6.41. The lowest BCUT2D eigenvalue weighted by Crippen LogP contribution is -2.00. The Morgan fingerprint density at radius 3 is 2.63 bits per heavy atom. The predicted octanol–water partition coefficient (Wildman–Crippen LogP) is 3.78. The fraction of sp³-hybridized carbons (Fsp3) is 0.357. The highest BCUT2D eigenvalue weighted by Gasteiger charge is 2.16. The van der Waals surface area contributed by atoms with Crippen molar-refractivity contribution in [3.63, 3.8) is 0 Å². The summed E-state index contributed by atoms with van der Waals surface area (Å²) in [6, 6.07) is 5.65. The van der Waals surface area contributed by atoms with Crippen molar-refractivity contribution in [2.24, 2.45) is 0 Å². The number of aromatic nitrogens is 2. The number of imidazole rings is 1. The van der Waals surface area contributed by atoms with Gasteiger partial charge >= 0.3 is 0 Å². The van der Waals surface area contributed by atoms with Gasteiger partial charge in [0.05, 0.1) is 10.6 Å². The quantitative estimate of drug-likeness (QED) is 0.624. The van der Waals surface area contributed by atoms with Crippen LogP contribution in [0.4, 0.5) is 0 Å². The summed E-state index contributed by atoms with van der Waals surface area (Å²) < 4.78 is 1.85. The molecular formula is C14H19N3O2. The van der Waals surface area contributed by atoms with Crippen LogP contribution in [0.1, 0.15) is 39.8 Å². The standard InChI is InChI=1S/C12H13N3O2.C2H6/c1-3-11(15(16)17)9(2)10-8-14-7-5-4-6-12(14)13-10;1-2/h4-8H,3H2,1-2H3;1-2H3/b11-9-;. The summed E-state index contributed by atoms with van der Waals surface area (Å²) in [6.07, 6.45) is 4.08. The van der Waals surface area contributed by atoms with Crippen LogP contribution in [0.5, 0.6) is 0 Å². The Labute approximate surface area is 112 Å². The van der Waals surface area contributed by atoms with Crippen LogP contribution < -0.4 is 0 Å². The molecule has 0 saturated heterocycles. The molecule has 2 heterocycles. The number of nitrogens with zero attached hydrogens (tertiary/aromatic N) is 3. The molecule has 0 aliphatic carbocycles. The van der Waals surface area contributed by atoms with E-state index in [1.54, 1.807) is 13.8 Å². The lowest BCUT2D eigenvalue weighted by molar-refractivity contribution is -0.426. The molecule has 0 bridgehead atoms. The van der Waals surface area contributed by atoms with Crippen LogP contribution in [0, 0.1) is 10.1 Å². The number of rotatable bonds is 3. The van der Waals surface area contributed by atoms with E-state index in [1.807, 2.05) is 48.8 Å². The highest BCUT2D eigenvalue weighted by atomic mass is 16.6. The normalized spacial score (nSPS) is 11.6. The van der Waals surface area contributed by atoms with E-state index in [4.69, 9.17) is 0 Å². The third-order valence-electron chi connectivity index (χ3n) is 2.74. The van der Waals surface area contributed by atoms with Gasteiger partial charge in [-0.2, -0.15) is 0 Å². The molecule has 19 heavy (non-hydrogen) atoms. The maximum Gasteiger partial charge on any atom is 0.251 e. The number of hydrogen-bond donors (Lipinski definition) is 0. The summed E-state index contributed by atoms with van der Waals surface area (Å²) in [4.78, 5) is 14.9. The summed E-state index contributed by atoms with van der Waals surface area (Å²) >= 11 is 0. The van der Waals surface area contributed by atoms with Crippen LogP contribution in [0.25, 0.3) is 11.2 Å². The number of fused-ring (bicyclic) bond motifs is 1. The maximum atomic E-state index is 10.9. The van der Waals surface area contributed by atoms with E-state index in [9.17, 15) is 10.1 Å². The SMILES string of the molecule is CC.CC/C(=C(\C)c1cn2ccccc2n1)[N+](=O)[O-]. The molecule has 0 radical (unpaired) electrons. The van der Waals surface area contributed by atoms with Gasteiger partial charge in [-0.1, -0.05) is 26.8 Å². The highest BCUT2D eigenvalue weighted by Crippen LogP contribution is 2.20. The Kier molecular flexibility index (Phi) is 5.23. The highest BCUT2D eigenvalue weighted by molar-refractivity contribution is 5.64. The molecule has 0 aromatic carbocycles. The molecule has 2 aromatic rings. The number of pyridine rings is 1. The predicted molar refractivity (Wildman–Crippen MR) is 76.4 cm³/mol. The van der Waals surface area contributed by atoms with Crippen molar-refractivity contribution in [3.05, 3.63) is 52.1 Å². The minimum Gasteiger partial charge on any atom is -0.306 e. The molecule has 102 valence electrons. The van der Waals surface area contributed by atoms with Gasteiger partial charge < -0.3 is 4.40 Å². The fourth-order valence-corrected chi connectivity index (χ4v) is 1.79. The largest absolute Gasteiger partial charge is 0.306 e. The van der Waals surface area contributed by atoms with Gasteiger partial charge in [-0.15, -0.1) is 0 Å². The van der Waals surface area contributed by atoms with Crippen molar-refractivity contribution >= 4 is 11.2 Å². The van der Waals surface area contributed by atoms with Crippen LogP contribution in [0.15, 0.2) is 36.3 Å². The first-order valence-corrected chi connectivity index (χ1v) is 6.41. The van der Waals surface area contributed by atoms with Crippen LogP contribution in [-0.2, 0) is 0 Å². The number of allylic oxidation sites excluding steroid dienone is 2. The van der Waals surface area contributed by atoms with Gasteiger partial charge in [-0.05, 0) is 19.1 Å². The molecule has 0 unspecified atom stereocenters. The van der Waals surface area contributed by atoms with Gasteiger partial charge in [0.25, 0.3) is 5.70 Å². The molecule has 0 spiro atoms. The summed E-state index contributed by atoms with van der Waals surface area (Å²) in [5.74, 6) is 0. The molecule has 2 aromatic heterocycles. The first kappa shape index (κ1) is 14.9. The third-order valence-corrected chi connectivity index (χ3v) is 2.74. The molecule has 0 amide bonds. The van der Waals surface area contributed by atoms with Crippen molar-refractivity contribution in [2.45, 2.75) is 34.1 Å². The Morgan fingerprint density at radius 2 is 2.11 bits per heavy atom. The molecule has 0 N–H and O–H groups in total. The first-order chi connectivity index (χ1) is 9.13. The number of nitro groups is 1. The van der Waals surface area contributed by atoms with Crippen molar-refractivity contribution < 1.29 is 4.92 Å². The van der Waals surface area contributed by atoms with E-state index in [-0.39, 0.29) is 10.6 Å². The van der Waals surface area contributed by atoms with Gasteiger partial charge in [-0.3, -0.25) is 10.1 Å². The lowest BCUT2D eigenvalue weighted by Gasteiger charge is -1.98. The van der Waals surface area contributed by atoms with E-state index < -0.39 is 0 Å². The van der Waals surface area contributed by atoms with Crippen molar-refractivity contribution in [3.8, 4) is 0 Å². The number of hydrogen-bond acceptors (Lipinski definition) is 3. The second-order valence-corrected chi connectivity index (χ2v) is 3.77. The summed E-state index contributed by atoms with van der Waals surface area (Å²) in [5.41, 5.74) is 2.29. The smallest absolute Gasteiger partial charge is 0.251 e. The third kappa shape index (κ3) is 3.19. The Bertz CT molecular complexity index is 567. The van der Waals surface area contributed by atoms with E-state index in [2.05, 4.69) is 4.98 Å². The summed E-state index contributed by atoms with van der Waals surface area (Å²) in [6.45, 7) is 7.51. The minimum absolute atomic E-state index is 0.216. The van der Waals surface area contributed by atoms with E-state index >= 15 is 0 Å². The van der Waals surface area contributed by atoms with E-state index in [0.717, 1.165) is 5.65 Å². The topological polar surface area (TPSA) is 60.4 Å². The van der Waals surface area contributed by atoms with Crippen LogP contribution in [0.2, 0.25) is 0 Å². The molecule has 5 nitrogen and oxygen atoms in total. The zero-order valence-electron chi connectivity index (χ0n) is 11.8. The monoisotopic (exact) mass is 261 g/mol. The average molecular weight is 261 g/mol. The van der Waals surface area contributed by atoms with E-state index in [0.29, 0.717) is 17.7 Å². The molecule has 2 rings (SSSR count). The summed E-state index contributed by atoms with van der Waals surface area (Å²) in [7, 11) is 0. The van der Waals surface area contributed by atoms with Crippen molar-refractivity contribution in [1.29, 1.82) is 0 Å². The Hall–Kier alpha value is -2.17. The van der Waals surface area contributed by atoms with Crippen LogP contribution in [-0.4, -0.2) is 14.3 Å². The van der Waals surface area contributed by atoms with Crippen LogP contribution >= 0.6 is 0 Å². The second kappa shape index (κ2) is 6.68. The zero-order valence-corrected chi connectivity index (χ0v) is 11.8. The minimum atomic E-state index is -0.334. The van der Waals surface area contributed by atoms with Gasteiger partial charge in [0.1, 0.15) is 5.65 Å². The van der Waals surface area contributed by atoms with Gasteiger partial charge in [-0.25, -0.2) is 4.98 Å². The second-order valence-electron chi connectivity index (χ2n) is 3.77. The molecule has 5 heteroatoms. The van der Waals surface area contributed by atoms with Crippen LogP contribution in [0.3, 0.4) is 0 Å². The van der Waals surface area contributed by atoms with E-state index in [1.165, 1.54) is 0 Å². The van der Waals surface area contributed by atoms with Gasteiger partial charge in [0.15, 0.2) is 0 Å². The Morgan fingerprint density at radius 1 is 1.42 bits per heavy atom.